The molecule has 1 saturated heterocycles. The molecule has 0 atom stereocenters. The van der Waals surface area contributed by atoms with Crippen LogP contribution in [0.5, 0.6) is 0 Å². The van der Waals surface area contributed by atoms with Crippen LogP contribution in [0.4, 0.5) is 14.5 Å². The Morgan fingerprint density at radius 2 is 1.89 bits per heavy atom. The highest BCUT2D eigenvalue weighted by Crippen LogP contribution is 2.25. The lowest BCUT2D eigenvalue weighted by atomic mass is 10.0. The van der Waals surface area contributed by atoms with E-state index in [1.54, 1.807) is 19.2 Å². The van der Waals surface area contributed by atoms with Crippen LogP contribution in [0, 0.1) is 11.6 Å². The Morgan fingerprint density at radius 1 is 1.14 bits per heavy atom. The number of Topliss-reactive ketones (excluding diaryl/α,β-unsaturated/α-hetero) is 2. The molecule has 192 valence electrons. The van der Waals surface area contributed by atoms with Crippen LogP contribution in [0.3, 0.4) is 0 Å². The normalized spacial score (nSPS) is 14.8. The summed E-state index contributed by atoms with van der Waals surface area (Å²) in [4.78, 5) is 35.1. The summed E-state index contributed by atoms with van der Waals surface area (Å²) >= 11 is 0. The molecule has 1 aliphatic rings. The van der Waals surface area contributed by atoms with Gasteiger partial charge in [-0.25, -0.2) is 22.2 Å². The van der Waals surface area contributed by atoms with Gasteiger partial charge in [0, 0.05) is 29.8 Å². The number of rotatable bonds is 10. The van der Waals surface area contributed by atoms with Crippen LogP contribution in [0.1, 0.15) is 58.9 Å². The average molecular weight is 519 g/mol. The molecular formula is C25H28F2N4O4S. The lowest BCUT2D eigenvalue weighted by Gasteiger charge is -2.25. The predicted octanol–water partition coefficient (Wildman–Crippen LogP) is 4.09. The average Bonchev–Trinajstić information content (AvgIpc) is 3.25. The van der Waals surface area contributed by atoms with Crippen LogP contribution in [0.15, 0.2) is 30.6 Å². The molecule has 3 aromatic rings. The summed E-state index contributed by atoms with van der Waals surface area (Å²) in [5.74, 6) is -3.55. The topological polar surface area (TPSA) is 112 Å². The number of carbonyl (C=O) groups is 2. The van der Waals surface area contributed by atoms with E-state index >= 15 is 0 Å². The largest absolute Gasteiger partial charge is 0.345 e. The fourth-order valence-corrected chi connectivity index (χ4v) is 5.56. The number of nitrogens with zero attached hydrogens (tertiary/aromatic N) is 2. The van der Waals surface area contributed by atoms with E-state index in [-0.39, 0.29) is 24.5 Å². The Bertz CT molecular complexity index is 1400. The molecule has 0 saturated carbocycles. The molecule has 8 nitrogen and oxygen atoms in total. The number of pyridine rings is 1. The summed E-state index contributed by atoms with van der Waals surface area (Å²) in [6.07, 6.45) is 6.19. The third-order valence-electron chi connectivity index (χ3n) is 6.18. The van der Waals surface area contributed by atoms with Gasteiger partial charge in [-0.3, -0.25) is 19.2 Å². The molecule has 0 amide bonds. The highest BCUT2D eigenvalue weighted by atomic mass is 32.2. The van der Waals surface area contributed by atoms with E-state index in [0.29, 0.717) is 28.6 Å². The smallest absolute Gasteiger partial charge is 0.232 e. The molecule has 0 unspecified atom stereocenters. The molecule has 4 rings (SSSR count). The first kappa shape index (κ1) is 25.9. The fourth-order valence-electron chi connectivity index (χ4n) is 4.43. The van der Waals surface area contributed by atoms with Crippen molar-refractivity contribution in [2.45, 2.75) is 39.0 Å². The van der Waals surface area contributed by atoms with E-state index in [4.69, 9.17) is 0 Å². The van der Waals surface area contributed by atoms with Crippen molar-refractivity contribution >= 4 is 38.3 Å². The van der Waals surface area contributed by atoms with Gasteiger partial charge in [0.05, 0.1) is 23.5 Å². The number of hydrogen-bond donors (Lipinski definition) is 2. The van der Waals surface area contributed by atoms with Gasteiger partial charge in [0.2, 0.25) is 10.0 Å². The highest BCUT2D eigenvalue weighted by Gasteiger charge is 2.24. The predicted molar refractivity (Wildman–Crippen MR) is 133 cm³/mol. The lowest BCUT2D eigenvalue weighted by Crippen LogP contribution is -2.34. The first-order valence-electron chi connectivity index (χ1n) is 11.9. The summed E-state index contributed by atoms with van der Waals surface area (Å²) in [5, 5.41) is 0.532. The van der Waals surface area contributed by atoms with Crippen molar-refractivity contribution in [3.8, 4) is 0 Å². The molecule has 0 aliphatic carbocycles. The summed E-state index contributed by atoms with van der Waals surface area (Å²) in [5.41, 5.74) is -0.0323. The second-order valence-electron chi connectivity index (χ2n) is 9.01. The quantitative estimate of drug-likeness (QED) is 0.391. The van der Waals surface area contributed by atoms with Crippen LogP contribution >= 0.6 is 0 Å². The summed E-state index contributed by atoms with van der Waals surface area (Å²) in [7, 11) is -3.84. The van der Waals surface area contributed by atoms with Gasteiger partial charge in [0.25, 0.3) is 0 Å². The van der Waals surface area contributed by atoms with Crippen LogP contribution in [-0.4, -0.2) is 60.2 Å². The highest BCUT2D eigenvalue weighted by molar-refractivity contribution is 7.92. The van der Waals surface area contributed by atoms with E-state index in [0.717, 1.165) is 44.5 Å². The first-order valence-corrected chi connectivity index (χ1v) is 13.6. The van der Waals surface area contributed by atoms with Crippen LogP contribution in [-0.2, 0) is 16.4 Å². The number of sulfonamides is 1. The van der Waals surface area contributed by atoms with Crippen LogP contribution in [0.25, 0.3) is 11.0 Å². The molecule has 0 spiro atoms. The third kappa shape index (κ3) is 5.79. The molecular weight excluding hydrogens is 490 g/mol. The Balaban J connectivity index is 1.56. The van der Waals surface area contributed by atoms with Crippen molar-refractivity contribution in [1.82, 2.24) is 14.9 Å². The Kier molecular flexibility index (Phi) is 7.79. The van der Waals surface area contributed by atoms with Crippen molar-refractivity contribution < 1.29 is 26.8 Å². The Morgan fingerprint density at radius 3 is 2.61 bits per heavy atom. The molecule has 0 radical (unpaired) electrons. The molecule has 2 N–H and O–H groups in total. The molecule has 1 aromatic carbocycles. The number of ketones is 2. The minimum Gasteiger partial charge on any atom is -0.345 e. The maximum Gasteiger partial charge on any atom is 0.232 e. The number of aromatic amines is 1. The van der Waals surface area contributed by atoms with E-state index in [1.807, 2.05) is 0 Å². The van der Waals surface area contributed by atoms with Gasteiger partial charge in [-0.05, 0) is 56.1 Å². The second kappa shape index (κ2) is 10.8. The van der Waals surface area contributed by atoms with Crippen molar-refractivity contribution in [2.75, 3.05) is 30.1 Å². The van der Waals surface area contributed by atoms with Gasteiger partial charge in [-0.2, -0.15) is 0 Å². The fraction of sp³-hybridized carbons (Fsp3) is 0.400. The van der Waals surface area contributed by atoms with E-state index < -0.39 is 38.7 Å². The summed E-state index contributed by atoms with van der Waals surface area (Å²) in [6.45, 7) is 3.68. The monoisotopic (exact) mass is 518 g/mol. The van der Waals surface area contributed by atoms with Crippen molar-refractivity contribution in [1.29, 1.82) is 0 Å². The van der Waals surface area contributed by atoms with Gasteiger partial charge < -0.3 is 4.98 Å². The number of carbonyl (C=O) groups excluding carboxylic acids is 2. The van der Waals surface area contributed by atoms with Gasteiger partial charge >= 0.3 is 0 Å². The molecule has 36 heavy (non-hydrogen) atoms. The molecule has 1 aliphatic heterocycles. The summed E-state index contributed by atoms with van der Waals surface area (Å²) < 4.78 is 55.6. The standard InChI is InChI=1S/C25H28F2N4O4S/c1-2-10-36(34,35)30-20-7-6-19(26)23(24(20)27)21(32)12-16-11-17-18(14-29-25(17)28-13-16)22(33)15-31-8-4-3-5-9-31/h6-7,11,13-14,30H,2-5,8-10,12,15H2,1H3,(H,28,29). The van der Waals surface area contributed by atoms with Gasteiger partial charge in [0.1, 0.15) is 11.5 Å². The SMILES string of the molecule is CCCS(=O)(=O)Nc1ccc(F)c(C(=O)Cc2cnc3[nH]cc(C(=O)CN4CCCCC4)c3c2)c1F. The Hall–Kier alpha value is -3.18. The van der Waals surface area contributed by atoms with Crippen molar-refractivity contribution in [3.63, 3.8) is 0 Å². The summed E-state index contributed by atoms with van der Waals surface area (Å²) in [6, 6.07) is 3.41. The lowest BCUT2D eigenvalue weighted by molar-refractivity contribution is 0.0916. The zero-order chi connectivity index (χ0) is 25.9. The molecule has 1 fully saturated rings. The van der Waals surface area contributed by atoms with Gasteiger partial charge in [0.15, 0.2) is 17.4 Å². The zero-order valence-electron chi connectivity index (χ0n) is 19.9. The number of H-pyrrole nitrogens is 1. The second-order valence-corrected chi connectivity index (χ2v) is 10.8. The van der Waals surface area contributed by atoms with Crippen molar-refractivity contribution in [2.24, 2.45) is 0 Å². The van der Waals surface area contributed by atoms with Crippen LogP contribution < -0.4 is 4.72 Å². The maximum atomic E-state index is 15.0. The van der Waals surface area contributed by atoms with E-state index in [1.165, 1.54) is 6.20 Å². The zero-order valence-corrected chi connectivity index (χ0v) is 20.8. The number of aromatic nitrogens is 2. The number of halogens is 2. The molecule has 3 heterocycles. The molecule has 11 heteroatoms. The molecule has 2 aromatic heterocycles. The van der Waals surface area contributed by atoms with Crippen molar-refractivity contribution in [3.05, 3.63) is 58.9 Å². The minimum absolute atomic E-state index is 0.0717. The number of piperidine rings is 1. The Labute approximate surface area is 208 Å². The number of benzene rings is 1. The number of fused-ring (bicyclic) bond motifs is 1. The number of nitrogens with one attached hydrogen (secondary N) is 2. The third-order valence-corrected chi connectivity index (χ3v) is 7.65. The first-order chi connectivity index (χ1) is 17.2. The van der Waals surface area contributed by atoms with Gasteiger partial charge in [-0.15, -0.1) is 0 Å². The van der Waals surface area contributed by atoms with Gasteiger partial charge in [-0.1, -0.05) is 13.3 Å². The molecule has 0 bridgehead atoms. The number of hydrogen-bond acceptors (Lipinski definition) is 6. The van der Waals surface area contributed by atoms with E-state index in [2.05, 4.69) is 19.6 Å². The van der Waals surface area contributed by atoms with Crippen LogP contribution in [0.2, 0.25) is 0 Å². The number of likely N-dealkylation sites (tertiary alicyclic amines) is 1. The minimum atomic E-state index is -3.84. The van der Waals surface area contributed by atoms with E-state index in [9.17, 15) is 26.8 Å². The maximum absolute atomic E-state index is 15.0. The number of anilines is 1.